The fourth-order valence-electron chi connectivity index (χ4n) is 4.64. The van der Waals surface area contributed by atoms with Crippen LogP contribution in [0, 0.1) is 5.82 Å². The van der Waals surface area contributed by atoms with Crippen molar-refractivity contribution in [1.29, 1.82) is 0 Å². The number of nitrogens with zero attached hydrogens (tertiary/aromatic N) is 2. The molecule has 3 heterocycles. The lowest BCUT2D eigenvalue weighted by atomic mass is 9.98. The van der Waals surface area contributed by atoms with E-state index >= 15 is 0 Å². The van der Waals surface area contributed by atoms with E-state index in [4.69, 9.17) is 5.73 Å². The zero-order valence-corrected chi connectivity index (χ0v) is 16.7. The summed E-state index contributed by atoms with van der Waals surface area (Å²) < 4.78 is 14.8. The molecule has 3 fully saturated rings. The lowest BCUT2D eigenvalue weighted by molar-refractivity contribution is -0.133. The van der Waals surface area contributed by atoms with E-state index in [0.717, 1.165) is 51.9 Å². The first kappa shape index (κ1) is 20.1. The molecule has 0 bridgehead atoms. The standard InChI is InChI=1S/C21H30FN5O2/c22-17-13-15(24-18-2-4-20(28)25-21(18)29)1-3-19(17)27-11-7-16(8-12-27)26-9-5-14(23)6-10-26/h1,3,13-14,16,18,24H,2,4-12,23H2,(H,25,28,29). The van der Waals surface area contributed by atoms with E-state index in [1.165, 1.54) is 6.07 Å². The Balaban J connectivity index is 1.33. The molecule has 2 amide bonds. The fraction of sp³-hybridized carbons (Fsp3) is 0.619. The molecular weight excluding hydrogens is 373 g/mol. The van der Waals surface area contributed by atoms with Crippen LogP contribution in [-0.4, -0.2) is 61.0 Å². The van der Waals surface area contributed by atoms with Gasteiger partial charge in [-0.15, -0.1) is 0 Å². The number of likely N-dealkylation sites (tertiary alicyclic amines) is 1. The molecule has 1 atom stereocenters. The number of rotatable bonds is 4. The van der Waals surface area contributed by atoms with Crippen LogP contribution in [0.15, 0.2) is 18.2 Å². The third kappa shape index (κ3) is 4.70. The van der Waals surface area contributed by atoms with E-state index < -0.39 is 6.04 Å². The van der Waals surface area contributed by atoms with Gasteiger partial charge in [-0.05, 0) is 63.4 Å². The molecule has 1 aromatic rings. The third-order valence-corrected chi connectivity index (χ3v) is 6.42. The number of benzene rings is 1. The van der Waals surface area contributed by atoms with Crippen molar-refractivity contribution in [3.05, 3.63) is 24.0 Å². The van der Waals surface area contributed by atoms with Crippen molar-refractivity contribution in [3.8, 4) is 0 Å². The molecule has 0 spiro atoms. The number of carbonyl (C=O) groups excluding carboxylic acids is 2. The number of hydrogen-bond acceptors (Lipinski definition) is 6. The molecule has 3 saturated heterocycles. The van der Waals surface area contributed by atoms with Crippen LogP contribution in [0.2, 0.25) is 0 Å². The Kier molecular flexibility index (Phi) is 6.01. The van der Waals surface area contributed by atoms with E-state index in [2.05, 4.69) is 20.4 Å². The van der Waals surface area contributed by atoms with Crippen molar-refractivity contribution >= 4 is 23.2 Å². The highest BCUT2D eigenvalue weighted by Crippen LogP contribution is 2.28. The lowest BCUT2D eigenvalue weighted by Crippen LogP contribution is -2.49. The van der Waals surface area contributed by atoms with Crippen molar-refractivity contribution < 1.29 is 14.0 Å². The second-order valence-electron chi connectivity index (χ2n) is 8.41. The summed E-state index contributed by atoms with van der Waals surface area (Å²) in [6.07, 6.45) is 4.91. The second kappa shape index (κ2) is 8.67. The van der Waals surface area contributed by atoms with Crippen LogP contribution in [0.25, 0.3) is 0 Å². The highest BCUT2D eigenvalue weighted by atomic mass is 19.1. The van der Waals surface area contributed by atoms with Gasteiger partial charge in [0.05, 0.1) is 5.69 Å². The molecule has 1 unspecified atom stereocenters. The number of carbonyl (C=O) groups is 2. The predicted octanol–water partition coefficient (Wildman–Crippen LogP) is 1.43. The smallest absolute Gasteiger partial charge is 0.249 e. The number of nitrogens with two attached hydrogens (primary N) is 1. The Morgan fingerprint density at radius 3 is 2.41 bits per heavy atom. The van der Waals surface area contributed by atoms with Crippen LogP contribution < -0.4 is 21.3 Å². The second-order valence-corrected chi connectivity index (χ2v) is 8.41. The maximum Gasteiger partial charge on any atom is 0.249 e. The Morgan fingerprint density at radius 1 is 1.03 bits per heavy atom. The molecule has 8 heteroatoms. The molecule has 4 rings (SSSR count). The summed E-state index contributed by atoms with van der Waals surface area (Å²) in [7, 11) is 0. The Bertz CT molecular complexity index is 757. The largest absolute Gasteiger partial charge is 0.374 e. The number of halogens is 1. The normalized spacial score (nSPS) is 25.2. The van der Waals surface area contributed by atoms with Crippen LogP contribution in [0.5, 0.6) is 0 Å². The molecule has 4 N–H and O–H groups in total. The van der Waals surface area contributed by atoms with Gasteiger partial charge in [-0.2, -0.15) is 0 Å². The Labute approximate surface area is 170 Å². The van der Waals surface area contributed by atoms with Gasteiger partial charge in [0.25, 0.3) is 0 Å². The van der Waals surface area contributed by atoms with E-state index in [1.54, 1.807) is 12.1 Å². The number of anilines is 2. The molecule has 3 aliphatic rings. The number of piperidine rings is 3. The first-order valence-corrected chi connectivity index (χ1v) is 10.6. The number of amides is 2. The summed E-state index contributed by atoms with van der Waals surface area (Å²) in [5.41, 5.74) is 7.17. The van der Waals surface area contributed by atoms with Crippen LogP contribution >= 0.6 is 0 Å². The maximum atomic E-state index is 14.8. The predicted molar refractivity (Wildman–Crippen MR) is 110 cm³/mol. The van der Waals surface area contributed by atoms with E-state index in [1.807, 2.05) is 0 Å². The number of imide groups is 1. The molecule has 0 aliphatic carbocycles. The average Bonchev–Trinajstić information content (AvgIpc) is 2.71. The monoisotopic (exact) mass is 403 g/mol. The van der Waals surface area contributed by atoms with Crippen LogP contribution in [0.4, 0.5) is 15.8 Å². The minimum absolute atomic E-state index is 0.259. The maximum absolute atomic E-state index is 14.8. The molecule has 3 aliphatic heterocycles. The summed E-state index contributed by atoms with van der Waals surface area (Å²) in [6.45, 7) is 3.82. The molecule has 0 saturated carbocycles. The first-order valence-electron chi connectivity index (χ1n) is 10.6. The van der Waals surface area contributed by atoms with Crippen molar-refractivity contribution in [1.82, 2.24) is 10.2 Å². The quantitative estimate of drug-likeness (QED) is 0.659. The van der Waals surface area contributed by atoms with Crippen LogP contribution in [0.1, 0.15) is 38.5 Å². The topological polar surface area (TPSA) is 90.7 Å². The van der Waals surface area contributed by atoms with Gasteiger partial charge in [0.2, 0.25) is 11.8 Å². The van der Waals surface area contributed by atoms with Gasteiger partial charge in [0.1, 0.15) is 11.9 Å². The van der Waals surface area contributed by atoms with Gasteiger partial charge in [-0.1, -0.05) is 0 Å². The summed E-state index contributed by atoms with van der Waals surface area (Å²) >= 11 is 0. The Morgan fingerprint density at radius 2 is 1.76 bits per heavy atom. The van der Waals surface area contributed by atoms with Crippen molar-refractivity contribution in [3.63, 3.8) is 0 Å². The van der Waals surface area contributed by atoms with Gasteiger partial charge in [-0.3, -0.25) is 14.9 Å². The third-order valence-electron chi connectivity index (χ3n) is 6.42. The molecule has 29 heavy (non-hydrogen) atoms. The average molecular weight is 404 g/mol. The van der Waals surface area contributed by atoms with E-state index in [0.29, 0.717) is 36.3 Å². The fourth-order valence-corrected chi connectivity index (χ4v) is 4.64. The summed E-state index contributed by atoms with van der Waals surface area (Å²) in [5, 5.41) is 5.34. The zero-order chi connectivity index (χ0) is 20.4. The molecule has 158 valence electrons. The highest BCUT2D eigenvalue weighted by molar-refractivity contribution is 6.01. The number of hydrogen-bond donors (Lipinski definition) is 3. The summed E-state index contributed by atoms with van der Waals surface area (Å²) in [6, 6.07) is 5.43. The van der Waals surface area contributed by atoms with Crippen LogP contribution in [0.3, 0.4) is 0 Å². The SMILES string of the molecule is NC1CCN(C2CCN(c3ccc(NC4CCC(=O)NC4=O)cc3F)CC2)CC1. The van der Waals surface area contributed by atoms with Crippen molar-refractivity contribution in [2.75, 3.05) is 36.4 Å². The number of nitrogens with one attached hydrogen (secondary N) is 2. The zero-order valence-electron chi connectivity index (χ0n) is 16.7. The minimum atomic E-state index is -0.508. The summed E-state index contributed by atoms with van der Waals surface area (Å²) in [4.78, 5) is 27.8. The first-order chi connectivity index (χ1) is 14.0. The summed E-state index contributed by atoms with van der Waals surface area (Å²) in [5.74, 6) is -0.901. The highest BCUT2D eigenvalue weighted by Gasteiger charge is 2.29. The molecule has 7 nitrogen and oxygen atoms in total. The van der Waals surface area contributed by atoms with Gasteiger partial charge >= 0.3 is 0 Å². The Hall–Kier alpha value is -2.19. The molecule has 0 radical (unpaired) electrons. The minimum Gasteiger partial charge on any atom is -0.374 e. The van der Waals surface area contributed by atoms with Gasteiger partial charge in [0, 0.05) is 37.3 Å². The van der Waals surface area contributed by atoms with Gasteiger partial charge in [0.15, 0.2) is 0 Å². The molecule has 1 aromatic carbocycles. The van der Waals surface area contributed by atoms with Crippen molar-refractivity contribution in [2.45, 2.75) is 56.7 Å². The molecular formula is C21H30FN5O2. The van der Waals surface area contributed by atoms with Gasteiger partial charge < -0.3 is 20.9 Å². The van der Waals surface area contributed by atoms with Crippen molar-refractivity contribution in [2.24, 2.45) is 5.73 Å². The van der Waals surface area contributed by atoms with E-state index in [9.17, 15) is 14.0 Å². The molecule has 0 aromatic heterocycles. The van der Waals surface area contributed by atoms with Crippen LogP contribution in [-0.2, 0) is 9.59 Å². The van der Waals surface area contributed by atoms with Gasteiger partial charge in [-0.25, -0.2) is 4.39 Å². The van der Waals surface area contributed by atoms with E-state index in [-0.39, 0.29) is 17.6 Å². The lowest BCUT2D eigenvalue weighted by Gasteiger charge is -2.42.